The molecule has 3 rings (SSSR count). The van der Waals surface area contributed by atoms with Crippen LogP contribution in [0.25, 0.3) is 0 Å². The Labute approximate surface area is 139 Å². The molecule has 0 spiro atoms. The zero-order chi connectivity index (χ0) is 16.9. The normalized spacial score (nSPS) is 13.4. The van der Waals surface area contributed by atoms with Crippen molar-refractivity contribution in [1.82, 2.24) is 15.1 Å². The number of nitro benzene ring substituents is 1. The molecular weight excluding hydrogens is 310 g/mol. The number of aromatic nitrogens is 2. The monoisotopic (exact) mass is 329 g/mol. The van der Waals surface area contributed by atoms with Crippen LogP contribution in [0.4, 0.5) is 11.4 Å². The van der Waals surface area contributed by atoms with E-state index in [1.54, 1.807) is 18.3 Å². The van der Waals surface area contributed by atoms with Crippen molar-refractivity contribution in [2.75, 3.05) is 18.4 Å². The lowest BCUT2D eigenvalue weighted by Gasteiger charge is -2.26. The van der Waals surface area contributed by atoms with Crippen LogP contribution in [0.15, 0.2) is 30.5 Å². The van der Waals surface area contributed by atoms with Crippen molar-refractivity contribution in [3.63, 3.8) is 0 Å². The Kier molecular flexibility index (Phi) is 4.74. The first-order valence-corrected chi connectivity index (χ1v) is 7.91. The summed E-state index contributed by atoms with van der Waals surface area (Å²) in [4.78, 5) is 24.3. The van der Waals surface area contributed by atoms with E-state index in [0.29, 0.717) is 25.9 Å². The predicted octanol–water partition coefficient (Wildman–Crippen LogP) is 2.09. The van der Waals surface area contributed by atoms with E-state index in [-0.39, 0.29) is 11.6 Å². The molecule has 24 heavy (non-hydrogen) atoms. The number of hydrogen-bond acceptors (Lipinski definition) is 5. The molecule has 2 heterocycles. The highest BCUT2D eigenvalue weighted by Gasteiger charge is 2.21. The minimum atomic E-state index is -0.424. The number of benzene rings is 1. The number of aromatic amines is 1. The predicted molar refractivity (Wildman–Crippen MR) is 88.5 cm³/mol. The highest BCUT2D eigenvalue weighted by Crippen LogP contribution is 2.18. The number of rotatable bonds is 6. The van der Waals surface area contributed by atoms with Crippen LogP contribution >= 0.6 is 0 Å². The maximum atomic E-state index is 12.3. The maximum absolute atomic E-state index is 12.3. The van der Waals surface area contributed by atoms with Crippen molar-refractivity contribution in [2.24, 2.45) is 0 Å². The van der Waals surface area contributed by atoms with E-state index in [4.69, 9.17) is 0 Å². The Morgan fingerprint density at radius 2 is 2.17 bits per heavy atom. The Morgan fingerprint density at radius 1 is 1.38 bits per heavy atom. The van der Waals surface area contributed by atoms with Gasteiger partial charge in [0.2, 0.25) is 5.91 Å². The summed E-state index contributed by atoms with van der Waals surface area (Å²) in [6.07, 6.45) is 3.80. The van der Waals surface area contributed by atoms with Crippen molar-refractivity contribution in [3.05, 3.63) is 51.8 Å². The number of nitrogens with zero attached hydrogens (tertiary/aromatic N) is 3. The van der Waals surface area contributed by atoms with Crippen LogP contribution in [0.1, 0.15) is 24.1 Å². The lowest BCUT2D eigenvalue weighted by atomic mass is 10.1. The average molecular weight is 329 g/mol. The third-order valence-corrected chi connectivity index (χ3v) is 4.13. The number of fused-ring (bicyclic) bond motifs is 1. The number of carbonyl (C=O) groups excluding carboxylic acids is 1. The molecule has 0 atom stereocenters. The molecule has 1 aromatic carbocycles. The fourth-order valence-electron chi connectivity index (χ4n) is 2.77. The lowest BCUT2D eigenvalue weighted by molar-refractivity contribution is -0.384. The molecule has 0 fully saturated rings. The van der Waals surface area contributed by atoms with Crippen LogP contribution in [-0.4, -0.2) is 39.0 Å². The first-order chi connectivity index (χ1) is 11.6. The summed E-state index contributed by atoms with van der Waals surface area (Å²) in [7, 11) is 0. The van der Waals surface area contributed by atoms with Gasteiger partial charge in [0.05, 0.1) is 11.1 Å². The highest BCUT2D eigenvalue weighted by molar-refractivity contribution is 5.76. The molecule has 0 radical (unpaired) electrons. The molecule has 8 heteroatoms. The van der Waals surface area contributed by atoms with E-state index in [2.05, 4.69) is 15.5 Å². The highest BCUT2D eigenvalue weighted by atomic mass is 16.6. The number of anilines is 1. The topological polar surface area (TPSA) is 104 Å². The van der Waals surface area contributed by atoms with E-state index in [1.165, 1.54) is 12.1 Å². The molecule has 126 valence electrons. The second-order valence-corrected chi connectivity index (χ2v) is 5.77. The largest absolute Gasteiger partial charge is 0.385 e. The third kappa shape index (κ3) is 3.70. The molecular formula is C16H19N5O3. The third-order valence-electron chi connectivity index (χ3n) is 4.13. The first-order valence-electron chi connectivity index (χ1n) is 7.91. The quantitative estimate of drug-likeness (QED) is 0.480. The minimum Gasteiger partial charge on any atom is -0.385 e. The summed E-state index contributed by atoms with van der Waals surface area (Å²) in [6.45, 7) is 2.00. The lowest BCUT2D eigenvalue weighted by Crippen LogP contribution is -2.35. The zero-order valence-corrected chi connectivity index (χ0v) is 13.2. The van der Waals surface area contributed by atoms with E-state index in [0.717, 1.165) is 29.9 Å². The van der Waals surface area contributed by atoms with Gasteiger partial charge in [0.25, 0.3) is 5.69 Å². The zero-order valence-electron chi connectivity index (χ0n) is 13.2. The van der Waals surface area contributed by atoms with Gasteiger partial charge in [-0.15, -0.1) is 0 Å². The molecule has 0 saturated heterocycles. The number of nitro groups is 1. The van der Waals surface area contributed by atoms with Crippen LogP contribution in [0.2, 0.25) is 0 Å². The van der Waals surface area contributed by atoms with Gasteiger partial charge in [0.1, 0.15) is 0 Å². The first kappa shape index (κ1) is 16.0. The smallest absolute Gasteiger partial charge is 0.269 e. The molecule has 0 aliphatic carbocycles. The molecule has 1 amide bonds. The number of nitrogens with one attached hydrogen (secondary N) is 2. The molecule has 2 N–H and O–H groups in total. The number of carbonyl (C=O) groups is 1. The van der Waals surface area contributed by atoms with Crippen LogP contribution in [0, 0.1) is 10.1 Å². The molecule has 0 bridgehead atoms. The summed E-state index contributed by atoms with van der Waals surface area (Å²) < 4.78 is 0. The van der Waals surface area contributed by atoms with Crippen LogP contribution in [-0.2, 0) is 17.8 Å². The Balaban J connectivity index is 1.40. The van der Waals surface area contributed by atoms with Crippen molar-refractivity contribution in [2.45, 2.75) is 25.8 Å². The van der Waals surface area contributed by atoms with Gasteiger partial charge in [0.15, 0.2) is 0 Å². The van der Waals surface area contributed by atoms with Crippen LogP contribution < -0.4 is 5.32 Å². The van der Waals surface area contributed by atoms with Crippen molar-refractivity contribution in [3.8, 4) is 0 Å². The summed E-state index contributed by atoms with van der Waals surface area (Å²) in [6, 6.07) is 6.27. The Hall–Kier alpha value is -2.90. The van der Waals surface area contributed by atoms with Crippen molar-refractivity contribution < 1.29 is 9.72 Å². The van der Waals surface area contributed by atoms with Crippen molar-refractivity contribution in [1.29, 1.82) is 0 Å². The summed E-state index contributed by atoms with van der Waals surface area (Å²) >= 11 is 0. The van der Waals surface area contributed by atoms with Gasteiger partial charge in [-0.25, -0.2) is 0 Å². The number of non-ortho nitro benzene ring substituents is 1. The number of hydrogen-bond donors (Lipinski definition) is 2. The Bertz CT molecular complexity index is 726. The molecule has 8 nitrogen and oxygen atoms in total. The molecule has 1 aliphatic rings. The second-order valence-electron chi connectivity index (χ2n) is 5.77. The van der Waals surface area contributed by atoms with Gasteiger partial charge < -0.3 is 10.2 Å². The van der Waals surface area contributed by atoms with Gasteiger partial charge >= 0.3 is 0 Å². The SMILES string of the molecule is O=C(CCCNc1ccc([N+](=O)[O-])cc1)N1CCc2[nH]ncc2C1. The molecule has 1 aliphatic heterocycles. The average Bonchev–Trinajstić information content (AvgIpc) is 3.06. The van der Waals surface area contributed by atoms with Crippen molar-refractivity contribution >= 4 is 17.3 Å². The fourth-order valence-corrected chi connectivity index (χ4v) is 2.77. The van der Waals surface area contributed by atoms with Crippen LogP contribution in [0.5, 0.6) is 0 Å². The standard InChI is InChI=1S/C16H19N5O3/c22-16(20-9-7-15-12(11-20)10-18-19-15)2-1-8-17-13-3-5-14(6-4-13)21(23)24/h3-6,10,17H,1-2,7-9,11H2,(H,18,19). The van der Waals surface area contributed by atoms with E-state index in [9.17, 15) is 14.9 Å². The fraction of sp³-hybridized carbons (Fsp3) is 0.375. The molecule has 0 unspecified atom stereocenters. The number of H-pyrrole nitrogens is 1. The Morgan fingerprint density at radius 3 is 2.92 bits per heavy atom. The van der Waals surface area contributed by atoms with E-state index in [1.807, 2.05) is 4.90 Å². The molecule has 1 aromatic heterocycles. The van der Waals surface area contributed by atoms with E-state index >= 15 is 0 Å². The van der Waals surface area contributed by atoms with E-state index < -0.39 is 4.92 Å². The van der Waals surface area contributed by atoms with Crippen LogP contribution in [0.3, 0.4) is 0 Å². The molecule has 2 aromatic rings. The maximum Gasteiger partial charge on any atom is 0.269 e. The minimum absolute atomic E-state index is 0.0689. The number of amides is 1. The van der Waals surface area contributed by atoms with Gasteiger partial charge in [-0.1, -0.05) is 0 Å². The summed E-state index contributed by atoms with van der Waals surface area (Å²) in [5.74, 6) is 0.146. The van der Waals surface area contributed by atoms with Gasteiger partial charge in [-0.2, -0.15) is 5.10 Å². The molecule has 0 saturated carbocycles. The van der Waals surface area contributed by atoms with Gasteiger partial charge in [0, 0.05) is 61.6 Å². The summed E-state index contributed by atoms with van der Waals surface area (Å²) in [5.41, 5.74) is 3.10. The van der Waals surface area contributed by atoms with Gasteiger partial charge in [-0.05, 0) is 18.6 Å². The second kappa shape index (κ2) is 7.12. The van der Waals surface area contributed by atoms with Gasteiger partial charge in [-0.3, -0.25) is 20.0 Å². The summed E-state index contributed by atoms with van der Waals surface area (Å²) in [5, 5.41) is 20.7.